The van der Waals surface area contributed by atoms with Crippen molar-refractivity contribution >= 4 is 11.9 Å². The lowest BCUT2D eigenvalue weighted by Crippen LogP contribution is -2.45. The van der Waals surface area contributed by atoms with Crippen molar-refractivity contribution in [2.75, 3.05) is 13.2 Å². The van der Waals surface area contributed by atoms with E-state index in [1.807, 2.05) is 6.08 Å². The molecule has 0 aliphatic rings. The van der Waals surface area contributed by atoms with Gasteiger partial charge in [0.25, 0.3) is 0 Å². The summed E-state index contributed by atoms with van der Waals surface area (Å²) >= 11 is 0. The molecule has 0 spiro atoms. The van der Waals surface area contributed by atoms with Crippen LogP contribution in [0.3, 0.4) is 0 Å². The molecule has 0 heterocycles. The van der Waals surface area contributed by atoms with Crippen LogP contribution in [0.4, 0.5) is 0 Å². The minimum Gasteiger partial charge on any atom is -0.466 e. The molecule has 0 bridgehead atoms. The smallest absolute Gasteiger partial charge is 0.305 e. The molecular formula is C63H121NO5. The zero-order chi connectivity index (χ0) is 50.0. The lowest BCUT2D eigenvalue weighted by atomic mass is 10.0. The fraction of sp³-hybridized carbons (Fsp3) is 0.905. The maximum atomic E-state index is 12.5. The Morgan fingerprint density at radius 1 is 0.391 bits per heavy atom. The summed E-state index contributed by atoms with van der Waals surface area (Å²) in [4.78, 5) is 24.5. The Morgan fingerprint density at radius 2 is 0.681 bits per heavy atom. The standard InChI is InChI=1S/C63H121NO5/c1-3-5-7-9-11-13-15-16-17-18-19-23-26-29-32-36-39-43-47-51-55-61(66)60(59-65)64-62(67)56-52-48-44-40-37-33-30-27-24-21-20-22-25-28-31-34-38-42-46-50-54-58-69-63(68)57-53-49-45-41-35-14-12-10-8-6-4-2/h21,24,51,55,60-61,65-66H,3-20,22-23,25-50,52-54,56-59H2,1-2H3,(H,64,67)/b24-21-,55-51+. The fourth-order valence-corrected chi connectivity index (χ4v) is 9.69. The maximum Gasteiger partial charge on any atom is 0.305 e. The first-order valence-electron chi connectivity index (χ1n) is 31.1. The van der Waals surface area contributed by atoms with Gasteiger partial charge in [0.1, 0.15) is 0 Å². The van der Waals surface area contributed by atoms with Gasteiger partial charge in [0.05, 0.1) is 25.4 Å². The Hall–Kier alpha value is -1.66. The van der Waals surface area contributed by atoms with Crippen LogP contribution >= 0.6 is 0 Å². The molecule has 0 rings (SSSR count). The lowest BCUT2D eigenvalue weighted by Gasteiger charge is -2.20. The zero-order valence-corrected chi connectivity index (χ0v) is 46.6. The number of carbonyl (C=O) groups excluding carboxylic acids is 2. The summed E-state index contributed by atoms with van der Waals surface area (Å²) in [5, 5.41) is 23.2. The molecule has 0 saturated heterocycles. The van der Waals surface area contributed by atoms with Gasteiger partial charge in [0, 0.05) is 12.8 Å². The number of nitrogens with one attached hydrogen (secondary N) is 1. The average molecular weight is 973 g/mol. The van der Waals surface area contributed by atoms with Gasteiger partial charge in [0.15, 0.2) is 0 Å². The number of amides is 1. The van der Waals surface area contributed by atoms with Crippen LogP contribution in [0, 0.1) is 0 Å². The number of carbonyl (C=O) groups is 2. The van der Waals surface area contributed by atoms with E-state index >= 15 is 0 Å². The van der Waals surface area contributed by atoms with E-state index in [0.717, 1.165) is 44.9 Å². The van der Waals surface area contributed by atoms with Gasteiger partial charge >= 0.3 is 5.97 Å². The average Bonchev–Trinajstić information content (AvgIpc) is 3.35. The third-order valence-electron chi connectivity index (χ3n) is 14.5. The number of esters is 1. The zero-order valence-electron chi connectivity index (χ0n) is 46.6. The number of aliphatic hydroxyl groups is 2. The largest absolute Gasteiger partial charge is 0.466 e. The van der Waals surface area contributed by atoms with Crippen LogP contribution in [-0.2, 0) is 14.3 Å². The molecule has 0 aliphatic heterocycles. The Balaban J connectivity index is 3.46. The van der Waals surface area contributed by atoms with Gasteiger partial charge < -0.3 is 20.3 Å². The van der Waals surface area contributed by atoms with Gasteiger partial charge in [0.2, 0.25) is 5.91 Å². The summed E-state index contributed by atoms with van der Waals surface area (Å²) in [6.07, 6.45) is 72.1. The van der Waals surface area contributed by atoms with E-state index in [1.165, 1.54) is 270 Å². The van der Waals surface area contributed by atoms with Crippen LogP contribution in [0.25, 0.3) is 0 Å². The van der Waals surface area contributed by atoms with Crippen molar-refractivity contribution < 1.29 is 24.5 Å². The second kappa shape index (κ2) is 58.9. The first-order valence-corrected chi connectivity index (χ1v) is 31.1. The first kappa shape index (κ1) is 67.3. The quantitative estimate of drug-likeness (QED) is 0.0321. The predicted octanol–water partition coefficient (Wildman–Crippen LogP) is 19.4. The van der Waals surface area contributed by atoms with E-state index < -0.39 is 12.1 Å². The van der Waals surface area contributed by atoms with Crippen molar-refractivity contribution in [2.24, 2.45) is 0 Å². The SMILES string of the molecule is CCCCCCCCCCCCCCCCCCCC/C=C/C(O)C(CO)NC(=O)CCCCCCCCC/C=C\CCCCCCCCCCCCOC(=O)CCCCCCCCCCCCC. The summed E-state index contributed by atoms with van der Waals surface area (Å²) < 4.78 is 5.46. The summed E-state index contributed by atoms with van der Waals surface area (Å²) in [5.41, 5.74) is 0. The van der Waals surface area contributed by atoms with Crippen molar-refractivity contribution in [3.63, 3.8) is 0 Å². The minimum atomic E-state index is -0.850. The summed E-state index contributed by atoms with van der Waals surface area (Å²) in [6, 6.07) is -0.634. The molecule has 0 saturated carbocycles. The van der Waals surface area contributed by atoms with Crippen LogP contribution in [0.1, 0.15) is 341 Å². The lowest BCUT2D eigenvalue weighted by molar-refractivity contribution is -0.143. The first-order chi connectivity index (χ1) is 34.0. The summed E-state index contributed by atoms with van der Waals surface area (Å²) in [7, 11) is 0. The number of hydrogen-bond acceptors (Lipinski definition) is 5. The van der Waals surface area contributed by atoms with Crippen molar-refractivity contribution in [1.82, 2.24) is 5.32 Å². The molecule has 6 nitrogen and oxygen atoms in total. The second-order valence-electron chi connectivity index (χ2n) is 21.4. The van der Waals surface area contributed by atoms with Crippen molar-refractivity contribution in [3.8, 4) is 0 Å². The van der Waals surface area contributed by atoms with E-state index in [2.05, 4.69) is 31.3 Å². The van der Waals surface area contributed by atoms with E-state index in [1.54, 1.807) is 6.08 Å². The normalized spacial score (nSPS) is 12.7. The maximum absolute atomic E-state index is 12.5. The summed E-state index contributed by atoms with van der Waals surface area (Å²) in [6.45, 7) is 4.92. The Bertz CT molecular complexity index is 1080. The molecule has 0 aromatic heterocycles. The number of rotatable bonds is 58. The molecule has 2 atom stereocenters. The third-order valence-corrected chi connectivity index (χ3v) is 14.5. The highest BCUT2D eigenvalue weighted by atomic mass is 16.5. The van der Waals surface area contributed by atoms with Crippen LogP contribution in [-0.4, -0.2) is 47.4 Å². The number of hydrogen-bond donors (Lipinski definition) is 3. The molecule has 0 aliphatic carbocycles. The van der Waals surface area contributed by atoms with Crippen molar-refractivity contribution in [3.05, 3.63) is 24.3 Å². The molecule has 69 heavy (non-hydrogen) atoms. The van der Waals surface area contributed by atoms with Gasteiger partial charge in [-0.25, -0.2) is 0 Å². The van der Waals surface area contributed by atoms with Crippen molar-refractivity contribution in [2.45, 2.75) is 353 Å². The Kier molecular flexibility index (Phi) is 57.5. The topological polar surface area (TPSA) is 95.9 Å². The third kappa shape index (κ3) is 55.5. The van der Waals surface area contributed by atoms with Crippen LogP contribution in [0.2, 0.25) is 0 Å². The van der Waals surface area contributed by atoms with Gasteiger partial charge in [-0.05, 0) is 57.8 Å². The molecular weight excluding hydrogens is 851 g/mol. The molecule has 0 aromatic carbocycles. The number of unbranched alkanes of at least 4 members (excludes halogenated alkanes) is 45. The minimum absolute atomic E-state index is 0.00764. The monoisotopic (exact) mass is 972 g/mol. The van der Waals surface area contributed by atoms with Crippen LogP contribution in [0.15, 0.2) is 24.3 Å². The molecule has 0 aromatic rings. The van der Waals surface area contributed by atoms with E-state index in [4.69, 9.17) is 4.74 Å². The van der Waals surface area contributed by atoms with Crippen LogP contribution < -0.4 is 5.32 Å². The summed E-state index contributed by atoms with van der Waals surface area (Å²) in [5.74, 6) is -0.0652. The van der Waals surface area contributed by atoms with Gasteiger partial charge in [-0.15, -0.1) is 0 Å². The number of allylic oxidation sites excluding steroid dienone is 3. The second-order valence-corrected chi connectivity index (χ2v) is 21.4. The molecule has 6 heteroatoms. The molecule has 408 valence electrons. The van der Waals surface area contributed by atoms with E-state index in [-0.39, 0.29) is 18.5 Å². The number of aliphatic hydroxyl groups excluding tert-OH is 2. The molecule has 1 amide bonds. The molecule has 3 N–H and O–H groups in total. The highest BCUT2D eigenvalue weighted by Gasteiger charge is 2.18. The predicted molar refractivity (Wildman–Crippen MR) is 301 cm³/mol. The molecule has 2 unspecified atom stereocenters. The van der Waals surface area contributed by atoms with E-state index in [0.29, 0.717) is 19.4 Å². The van der Waals surface area contributed by atoms with Crippen LogP contribution in [0.5, 0.6) is 0 Å². The van der Waals surface area contributed by atoms with Gasteiger partial charge in [-0.3, -0.25) is 9.59 Å². The molecule has 0 fully saturated rings. The molecule has 0 radical (unpaired) electrons. The number of ether oxygens (including phenoxy) is 1. The Morgan fingerprint density at radius 3 is 1.03 bits per heavy atom. The highest BCUT2D eigenvalue weighted by molar-refractivity contribution is 5.76. The highest BCUT2D eigenvalue weighted by Crippen LogP contribution is 2.17. The van der Waals surface area contributed by atoms with E-state index in [9.17, 15) is 19.8 Å². The van der Waals surface area contributed by atoms with Gasteiger partial charge in [-0.1, -0.05) is 295 Å². The van der Waals surface area contributed by atoms with Gasteiger partial charge in [-0.2, -0.15) is 0 Å². The Labute approximate surface area is 431 Å². The van der Waals surface area contributed by atoms with Crippen molar-refractivity contribution in [1.29, 1.82) is 0 Å². The fourth-order valence-electron chi connectivity index (χ4n) is 9.69.